The second kappa shape index (κ2) is 7.05. The number of ketones is 1. The van der Waals surface area contributed by atoms with Crippen molar-refractivity contribution in [2.45, 2.75) is 18.8 Å². The van der Waals surface area contributed by atoms with Crippen LogP contribution >= 0.6 is 0 Å². The van der Waals surface area contributed by atoms with E-state index in [0.717, 1.165) is 17.5 Å². The molecule has 1 aliphatic carbocycles. The predicted octanol–water partition coefficient (Wildman–Crippen LogP) is 3.83. The molecule has 0 fully saturated rings. The van der Waals surface area contributed by atoms with Gasteiger partial charge in [-0.05, 0) is 41.8 Å². The zero-order valence-electron chi connectivity index (χ0n) is 14.9. The molecule has 0 aliphatic heterocycles. The van der Waals surface area contributed by atoms with Crippen LogP contribution in [0, 0.1) is 0 Å². The first-order valence-electron chi connectivity index (χ1n) is 8.14. The molecule has 0 bridgehead atoms. The molecule has 1 aliphatic rings. The lowest BCUT2D eigenvalue weighted by molar-refractivity contribution is 0.0969. The summed E-state index contributed by atoms with van der Waals surface area (Å²) in [7, 11) is 6.40. The summed E-state index contributed by atoms with van der Waals surface area (Å²) in [5.41, 5.74) is 2.74. The first-order chi connectivity index (χ1) is 12.1. The number of methoxy groups -OCH3 is 4. The number of carbonyl (C=O) groups is 1. The zero-order chi connectivity index (χ0) is 18.0. The van der Waals surface area contributed by atoms with E-state index in [0.29, 0.717) is 35.0 Å². The molecule has 0 saturated heterocycles. The highest BCUT2D eigenvalue weighted by atomic mass is 16.5. The molecular formula is C20H22O5. The molecule has 0 amide bonds. The Hall–Kier alpha value is -2.69. The summed E-state index contributed by atoms with van der Waals surface area (Å²) in [6, 6.07) is 9.57. The fourth-order valence-corrected chi connectivity index (χ4v) is 3.41. The minimum absolute atomic E-state index is 0.0901. The highest BCUT2D eigenvalue weighted by Crippen LogP contribution is 2.43. The van der Waals surface area contributed by atoms with Gasteiger partial charge in [-0.15, -0.1) is 0 Å². The van der Waals surface area contributed by atoms with Gasteiger partial charge in [0.05, 0.1) is 28.4 Å². The summed E-state index contributed by atoms with van der Waals surface area (Å²) in [4.78, 5) is 12.4. The Kier molecular flexibility index (Phi) is 4.83. The molecule has 1 unspecified atom stereocenters. The van der Waals surface area contributed by atoms with E-state index in [9.17, 15) is 4.79 Å². The van der Waals surface area contributed by atoms with Crippen LogP contribution in [-0.4, -0.2) is 34.2 Å². The van der Waals surface area contributed by atoms with Crippen LogP contribution in [0.25, 0.3) is 0 Å². The molecule has 0 saturated carbocycles. The van der Waals surface area contributed by atoms with Gasteiger partial charge in [-0.25, -0.2) is 0 Å². The topological polar surface area (TPSA) is 54.0 Å². The third-order valence-electron chi connectivity index (χ3n) is 4.70. The minimum Gasteiger partial charge on any atom is -0.493 e. The van der Waals surface area contributed by atoms with Crippen molar-refractivity contribution < 1.29 is 23.7 Å². The van der Waals surface area contributed by atoms with Crippen molar-refractivity contribution in [3.8, 4) is 23.0 Å². The fourth-order valence-electron chi connectivity index (χ4n) is 3.41. The van der Waals surface area contributed by atoms with Crippen molar-refractivity contribution in [1.82, 2.24) is 0 Å². The van der Waals surface area contributed by atoms with Gasteiger partial charge in [0.25, 0.3) is 0 Å². The van der Waals surface area contributed by atoms with Gasteiger partial charge in [-0.3, -0.25) is 4.79 Å². The van der Waals surface area contributed by atoms with Crippen molar-refractivity contribution in [3.05, 3.63) is 47.0 Å². The predicted molar refractivity (Wildman–Crippen MR) is 94.5 cm³/mol. The number of carbonyl (C=O) groups excluding carboxylic acids is 1. The quantitative estimate of drug-likeness (QED) is 0.826. The number of fused-ring (bicyclic) bond motifs is 1. The van der Waals surface area contributed by atoms with Crippen LogP contribution in [0.15, 0.2) is 30.3 Å². The molecular weight excluding hydrogens is 320 g/mol. The molecule has 0 spiro atoms. The van der Waals surface area contributed by atoms with Crippen molar-refractivity contribution in [1.29, 1.82) is 0 Å². The third-order valence-corrected chi connectivity index (χ3v) is 4.70. The number of hydrogen-bond acceptors (Lipinski definition) is 5. The van der Waals surface area contributed by atoms with Gasteiger partial charge in [0.15, 0.2) is 28.8 Å². The standard InChI is InChI=1S/C20H22O5/c1-22-17-8-5-12(9-18(17)23-2)13-6-7-16(21)15-11-20(25-4)19(24-3)10-14(13)15/h5,8-11,13H,6-7H2,1-4H3. The van der Waals surface area contributed by atoms with Gasteiger partial charge in [0.2, 0.25) is 0 Å². The molecule has 2 aromatic carbocycles. The van der Waals surface area contributed by atoms with Crippen molar-refractivity contribution in [2.24, 2.45) is 0 Å². The van der Waals surface area contributed by atoms with Crippen molar-refractivity contribution >= 4 is 5.78 Å². The average Bonchev–Trinajstić information content (AvgIpc) is 2.66. The average molecular weight is 342 g/mol. The van der Waals surface area contributed by atoms with Crippen LogP contribution in [0.5, 0.6) is 23.0 Å². The molecule has 25 heavy (non-hydrogen) atoms. The van der Waals surface area contributed by atoms with E-state index < -0.39 is 0 Å². The summed E-state index contributed by atoms with van der Waals surface area (Å²) < 4.78 is 21.5. The van der Waals surface area contributed by atoms with Gasteiger partial charge >= 0.3 is 0 Å². The fraction of sp³-hybridized carbons (Fsp3) is 0.350. The highest BCUT2D eigenvalue weighted by molar-refractivity contribution is 5.99. The Bertz CT molecular complexity index is 797. The van der Waals surface area contributed by atoms with Crippen LogP contribution < -0.4 is 18.9 Å². The van der Waals surface area contributed by atoms with E-state index in [2.05, 4.69) is 0 Å². The van der Waals surface area contributed by atoms with E-state index in [1.807, 2.05) is 24.3 Å². The Morgan fingerprint density at radius 3 is 2.04 bits per heavy atom. The van der Waals surface area contributed by atoms with Crippen LogP contribution in [0.2, 0.25) is 0 Å². The lowest BCUT2D eigenvalue weighted by Gasteiger charge is -2.27. The van der Waals surface area contributed by atoms with E-state index in [1.165, 1.54) is 0 Å². The Morgan fingerprint density at radius 2 is 1.40 bits per heavy atom. The second-order valence-corrected chi connectivity index (χ2v) is 5.92. The van der Waals surface area contributed by atoms with Gasteiger partial charge in [0, 0.05) is 17.9 Å². The normalized spacial score (nSPS) is 16.2. The smallest absolute Gasteiger partial charge is 0.163 e. The minimum atomic E-state index is 0.0901. The summed E-state index contributed by atoms with van der Waals surface area (Å²) in [6.07, 6.45) is 1.25. The Morgan fingerprint density at radius 1 is 0.800 bits per heavy atom. The maximum absolute atomic E-state index is 12.4. The lowest BCUT2D eigenvalue weighted by atomic mass is 9.78. The monoisotopic (exact) mass is 342 g/mol. The number of ether oxygens (including phenoxy) is 4. The number of benzene rings is 2. The van der Waals surface area contributed by atoms with Gasteiger partial charge in [-0.2, -0.15) is 0 Å². The summed E-state index contributed by atoms with van der Waals surface area (Å²) in [6.45, 7) is 0. The molecule has 132 valence electrons. The zero-order valence-corrected chi connectivity index (χ0v) is 14.9. The maximum Gasteiger partial charge on any atom is 0.163 e. The Balaban J connectivity index is 2.12. The molecule has 2 aromatic rings. The van der Waals surface area contributed by atoms with Crippen molar-refractivity contribution in [2.75, 3.05) is 28.4 Å². The second-order valence-electron chi connectivity index (χ2n) is 5.92. The van der Waals surface area contributed by atoms with Crippen LogP contribution in [0.3, 0.4) is 0 Å². The number of hydrogen-bond donors (Lipinski definition) is 0. The number of rotatable bonds is 5. The van der Waals surface area contributed by atoms with Crippen LogP contribution in [0.4, 0.5) is 0 Å². The molecule has 0 N–H and O–H groups in total. The van der Waals surface area contributed by atoms with E-state index >= 15 is 0 Å². The molecule has 0 radical (unpaired) electrons. The van der Waals surface area contributed by atoms with E-state index in [1.54, 1.807) is 34.5 Å². The van der Waals surface area contributed by atoms with Crippen molar-refractivity contribution in [3.63, 3.8) is 0 Å². The molecule has 0 heterocycles. The lowest BCUT2D eigenvalue weighted by Crippen LogP contribution is -2.17. The van der Waals surface area contributed by atoms with Gasteiger partial charge in [-0.1, -0.05) is 6.07 Å². The summed E-state index contributed by atoms with van der Waals surface area (Å²) in [5, 5.41) is 0. The first-order valence-corrected chi connectivity index (χ1v) is 8.14. The highest BCUT2D eigenvalue weighted by Gasteiger charge is 2.29. The molecule has 0 aromatic heterocycles. The largest absolute Gasteiger partial charge is 0.493 e. The van der Waals surface area contributed by atoms with Gasteiger partial charge in [0.1, 0.15) is 0 Å². The van der Waals surface area contributed by atoms with Crippen LogP contribution in [-0.2, 0) is 0 Å². The van der Waals surface area contributed by atoms with E-state index in [-0.39, 0.29) is 11.7 Å². The molecule has 1 atom stereocenters. The summed E-state index contributed by atoms with van der Waals surface area (Å²) in [5.74, 6) is 2.79. The Labute approximate surface area is 147 Å². The summed E-state index contributed by atoms with van der Waals surface area (Å²) >= 11 is 0. The number of Topliss-reactive ketones (excluding diaryl/α,β-unsaturated/α-hetero) is 1. The molecule has 3 rings (SSSR count). The third kappa shape index (κ3) is 3.02. The maximum atomic E-state index is 12.4. The molecule has 5 nitrogen and oxygen atoms in total. The van der Waals surface area contributed by atoms with Crippen LogP contribution in [0.1, 0.15) is 40.2 Å². The first kappa shape index (κ1) is 17.1. The molecule has 5 heteroatoms. The van der Waals surface area contributed by atoms with Gasteiger partial charge < -0.3 is 18.9 Å². The van der Waals surface area contributed by atoms with E-state index in [4.69, 9.17) is 18.9 Å². The SMILES string of the molecule is COc1ccc(C2CCC(=O)c3cc(OC)c(OC)cc32)cc1OC.